The Bertz CT molecular complexity index is 473. The van der Waals surface area contributed by atoms with Crippen molar-refractivity contribution in [2.75, 3.05) is 11.9 Å². The van der Waals surface area contributed by atoms with Crippen LogP contribution in [0.1, 0.15) is 38.3 Å². The lowest BCUT2D eigenvalue weighted by Gasteiger charge is -2.00. The summed E-state index contributed by atoms with van der Waals surface area (Å²) in [5.41, 5.74) is -0.101. The zero-order valence-electron chi connectivity index (χ0n) is 11.2. The molecule has 20 heavy (non-hydrogen) atoms. The van der Waals surface area contributed by atoms with E-state index in [-0.39, 0.29) is 11.4 Å². The van der Waals surface area contributed by atoms with Gasteiger partial charge < -0.3 is 15.3 Å². The smallest absolute Gasteiger partial charge is 0.360 e. The highest BCUT2D eigenvalue weighted by Gasteiger charge is 2.17. The maximum atomic E-state index is 11.1. The Morgan fingerprint density at radius 2 is 2.35 bits per heavy atom. The molecule has 1 aromatic rings. The third-order valence-electron chi connectivity index (χ3n) is 2.38. The standard InChI is InChI=1S/C12H17N3O4S/c1-2-3-4-5-6-19-15-10(11(17)18)9-7-20-12(14-9)13-8-16/h7-8H,2-6H2,1H3,(H,17,18)(H,13,14,16)/b15-10-. The third-order valence-corrected chi connectivity index (χ3v) is 3.15. The molecule has 8 heteroatoms. The number of thiazole rings is 1. The SMILES string of the molecule is CCCCCCO/N=C(\C(=O)O)c1csc(NC=O)n1. The van der Waals surface area contributed by atoms with Crippen LogP contribution in [0, 0.1) is 0 Å². The van der Waals surface area contributed by atoms with E-state index in [4.69, 9.17) is 9.94 Å². The number of nitrogens with one attached hydrogen (secondary N) is 1. The molecule has 0 aromatic carbocycles. The fraction of sp³-hybridized carbons (Fsp3) is 0.500. The van der Waals surface area contributed by atoms with Crippen LogP contribution in [0.2, 0.25) is 0 Å². The molecule has 0 aliphatic rings. The maximum absolute atomic E-state index is 11.1. The molecule has 2 N–H and O–H groups in total. The highest BCUT2D eigenvalue weighted by Crippen LogP contribution is 2.15. The van der Waals surface area contributed by atoms with Gasteiger partial charge in [0.05, 0.1) is 0 Å². The van der Waals surface area contributed by atoms with E-state index in [1.807, 2.05) is 0 Å². The van der Waals surface area contributed by atoms with E-state index in [1.54, 1.807) is 0 Å². The van der Waals surface area contributed by atoms with Crippen LogP contribution in [0.5, 0.6) is 0 Å². The van der Waals surface area contributed by atoms with Gasteiger partial charge in [0.25, 0.3) is 0 Å². The molecule has 0 saturated heterocycles. The summed E-state index contributed by atoms with van der Waals surface area (Å²) in [7, 11) is 0. The summed E-state index contributed by atoms with van der Waals surface area (Å²) < 4.78 is 0. The van der Waals surface area contributed by atoms with Gasteiger partial charge >= 0.3 is 5.97 Å². The molecule has 0 aliphatic heterocycles. The summed E-state index contributed by atoms with van der Waals surface area (Å²) in [5, 5.41) is 16.8. The van der Waals surface area contributed by atoms with Crippen molar-refractivity contribution in [3.63, 3.8) is 0 Å². The Balaban J connectivity index is 2.58. The first-order valence-corrected chi connectivity index (χ1v) is 7.16. The molecule has 0 bridgehead atoms. The molecule has 110 valence electrons. The summed E-state index contributed by atoms with van der Waals surface area (Å²) in [5.74, 6) is -1.22. The summed E-state index contributed by atoms with van der Waals surface area (Å²) in [6.45, 7) is 2.48. The minimum Gasteiger partial charge on any atom is -0.476 e. The number of carboxylic acids is 1. The van der Waals surface area contributed by atoms with Crippen molar-refractivity contribution in [3.8, 4) is 0 Å². The van der Waals surface area contributed by atoms with E-state index in [1.165, 1.54) is 5.38 Å². The normalized spacial score (nSPS) is 11.2. The lowest BCUT2D eigenvalue weighted by molar-refractivity contribution is -0.129. The van der Waals surface area contributed by atoms with Crippen LogP contribution in [0.3, 0.4) is 0 Å². The Morgan fingerprint density at radius 3 is 3.00 bits per heavy atom. The van der Waals surface area contributed by atoms with Crippen molar-refractivity contribution < 1.29 is 19.5 Å². The van der Waals surface area contributed by atoms with Gasteiger partial charge in [-0.2, -0.15) is 0 Å². The quantitative estimate of drug-likeness (QED) is 0.298. The predicted molar refractivity (Wildman–Crippen MR) is 76.1 cm³/mol. The van der Waals surface area contributed by atoms with Gasteiger partial charge in [0, 0.05) is 5.38 Å². The topological polar surface area (TPSA) is 101 Å². The zero-order valence-corrected chi connectivity index (χ0v) is 12.0. The van der Waals surface area contributed by atoms with Gasteiger partial charge in [0.15, 0.2) is 5.13 Å². The number of rotatable bonds is 10. The average Bonchev–Trinajstić information content (AvgIpc) is 2.86. The van der Waals surface area contributed by atoms with Gasteiger partial charge in [-0.25, -0.2) is 9.78 Å². The number of carboxylic acid groups (broad SMARTS) is 1. The number of amides is 1. The van der Waals surface area contributed by atoms with Crippen molar-refractivity contribution in [3.05, 3.63) is 11.1 Å². The average molecular weight is 299 g/mol. The Hall–Kier alpha value is -1.96. The molecule has 0 fully saturated rings. The summed E-state index contributed by atoms with van der Waals surface area (Å²) in [4.78, 5) is 30.3. The number of carbonyl (C=O) groups excluding carboxylic acids is 1. The fourth-order valence-electron chi connectivity index (χ4n) is 1.40. The molecule has 0 atom stereocenters. The second-order valence-corrected chi connectivity index (χ2v) is 4.80. The number of nitrogens with zero attached hydrogens (tertiary/aromatic N) is 2. The molecular weight excluding hydrogens is 282 g/mol. The minimum absolute atomic E-state index is 0.167. The van der Waals surface area contributed by atoms with Crippen molar-refractivity contribution in [2.24, 2.45) is 5.16 Å². The van der Waals surface area contributed by atoms with Gasteiger partial charge in [-0.05, 0) is 12.8 Å². The summed E-state index contributed by atoms with van der Waals surface area (Å²) >= 11 is 1.12. The first-order chi connectivity index (χ1) is 9.69. The molecule has 7 nitrogen and oxygen atoms in total. The fourth-order valence-corrected chi connectivity index (χ4v) is 2.05. The largest absolute Gasteiger partial charge is 0.476 e. The molecule has 0 aliphatic carbocycles. The van der Waals surface area contributed by atoms with E-state index < -0.39 is 5.97 Å². The van der Waals surface area contributed by atoms with Crippen LogP contribution in [0.15, 0.2) is 10.5 Å². The summed E-state index contributed by atoms with van der Waals surface area (Å²) in [6, 6.07) is 0. The zero-order chi connectivity index (χ0) is 14.8. The Morgan fingerprint density at radius 1 is 1.55 bits per heavy atom. The van der Waals surface area contributed by atoms with E-state index in [0.29, 0.717) is 18.1 Å². The third kappa shape index (κ3) is 5.35. The highest BCUT2D eigenvalue weighted by atomic mass is 32.1. The van der Waals surface area contributed by atoms with Crippen molar-refractivity contribution in [1.29, 1.82) is 0 Å². The Kier molecular flexibility index (Phi) is 7.26. The minimum atomic E-state index is -1.22. The number of carbonyl (C=O) groups is 2. The van der Waals surface area contributed by atoms with Crippen molar-refractivity contribution in [1.82, 2.24) is 4.98 Å². The molecule has 0 saturated carbocycles. The van der Waals surface area contributed by atoms with Crippen LogP contribution in [0.25, 0.3) is 0 Å². The first-order valence-electron chi connectivity index (χ1n) is 6.28. The molecular formula is C12H17N3O4S. The number of unbranched alkanes of at least 4 members (excludes halogenated alkanes) is 3. The van der Waals surface area contributed by atoms with Gasteiger partial charge in [-0.1, -0.05) is 24.9 Å². The highest BCUT2D eigenvalue weighted by molar-refractivity contribution is 7.14. The first kappa shape index (κ1) is 16.1. The van der Waals surface area contributed by atoms with Crippen LogP contribution in [-0.4, -0.2) is 34.8 Å². The maximum Gasteiger partial charge on any atom is 0.360 e. The Labute approximate surface area is 120 Å². The van der Waals surface area contributed by atoms with E-state index in [2.05, 4.69) is 22.4 Å². The van der Waals surface area contributed by atoms with Crippen LogP contribution >= 0.6 is 11.3 Å². The van der Waals surface area contributed by atoms with Gasteiger partial charge in [0.1, 0.15) is 12.3 Å². The molecule has 0 unspecified atom stereocenters. The number of hydrogen-bond donors (Lipinski definition) is 2. The lowest BCUT2D eigenvalue weighted by atomic mass is 10.2. The van der Waals surface area contributed by atoms with E-state index in [9.17, 15) is 9.59 Å². The number of hydrogen-bond acceptors (Lipinski definition) is 6. The summed E-state index contributed by atoms with van der Waals surface area (Å²) in [6.07, 6.45) is 4.57. The molecule has 0 spiro atoms. The van der Waals surface area contributed by atoms with Gasteiger partial charge in [0.2, 0.25) is 12.1 Å². The van der Waals surface area contributed by atoms with E-state index in [0.717, 1.165) is 37.0 Å². The number of oxime groups is 1. The lowest BCUT2D eigenvalue weighted by Crippen LogP contribution is -2.16. The molecule has 1 amide bonds. The number of aromatic nitrogens is 1. The monoisotopic (exact) mass is 299 g/mol. The predicted octanol–water partition coefficient (Wildman–Crippen LogP) is 2.10. The van der Waals surface area contributed by atoms with Crippen molar-refractivity contribution in [2.45, 2.75) is 32.6 Å². The second-order valence-electron chi connectivity index (χ2n) is 3.94. The van der Waals surface area contributed by atoms with Crippen LogP contribution < -0.4 is 5.32 Å². The van der Waals surface area contributed by atoms with Gasteiger partial charge in [-0.15, -0.1) is 11.3 Å². The van der Waals surface area contributed by atoms with E-state index >= 15 is 0 Å². The number of aliphatic carboxylic acids is 1. The number of anilines is 1. The van der Waals surface area contributed by atoms with Crippen LogP contribution in [0.4, 0.5) is 5.13 Å². The molecule has 0 radical (unpaired) electrons. The molecule has 1 heterocycles. The molecule has 1 rings (SSSR count). The molecule has 1 aromatic heterocycles. The van der Waals surface area contributed by atoms with Gasteiger partial charge in [-0.3, -0.25) is 4.79 Å². The second kappa shape index (κ2) is 9.03. The van der Waals surface area contributed by atoms with Crippen LogP contribution in [-0.2, 0) is 14.4 Å². The van der Waals surface area contributed by atoms with Crippen molar-refractivity contribution >= 4 is 34.6 Å².